The Bertz CT molecular complexity index is 1680. The third-order valence-electron chi connectivity index (χ3n) is 10.7. The highest BCUT2D eigenvalue weighted by Crippen LogP contribution is 2.68. The average Bonchev–Trinajstić information content (AvgIpc) is 3.32. The zero-order valence-corrected chi connectivity index (χ0v) is 26.6. The van der Waals surface area contributed by atoms with E-state index in [1.165, 1.54) is 13.2 Å². The number of hydrogen-bond donors (Lipinski definition) is 2. The summed E-state index contributed by atoms with van der Waals surface area (Å²) < 4.78 is 31.8. The van der Waals surface area contributed by atoms with Crippen molar-refractivity contribution in [2.75, 3.05) is 13.7 Å². The van der Waals surface area contributed by atoms with Crippen molar-refractivity contribution in [2.45, 2.75) is 75.3 Å². The maximum atomic E-state index is 13.8. The molecule has 46 heavy (non-hydrogen) atoms. The fourth-order valence-corrected chi connectivity index (χ4v) is 8.71. The summed E-state index contributed by atoms with van der Waals surface area (Å²) in [7, 11) is 1.44. The number of ether oxygens (including phenoxy) is 5. The van der Waals surface area contributed by atoms with Gasteiger partial charge in [0.15, 0.2) is 17.3 Å². The lowest BCUT2D eigenvalue weighted by molar-refractivity contribution is -0.421. The number of carbonyl (C=O) groups excluding carboxylic acids is 2. The van der Waals surface area contributed by atoms with E-state index in [4.69, 9.17) is 23.7 Å². The van der Waals surface area contributed by atoms with Gasteiger partial charge < -0.3 is 33.9 Å². The van der Waals surface area contributed by atoms with Crippen LogP contribution in [0.4, 0.5) is 0 Å². The Morgan fingerprint density at radius 3 is 2.59 bits per heavy atom. The second kappa shape index (κ2) is 10.6. The number of phenols is 1. The summed E-state index contributed by atoms with van der Waals surface area (Å²) in [5, 5.41) is 22.3. The molecule has 2 aromatic rings. The molecule has 1 unspecified atom stereocenters. The Labute approximate surface area is 268 Å². The first-order valence-electron chi connectivity index (χ1n) is 15.8. The summed E-state index contributed by atoms with van der Waals surface area (Å²) in [6, 6.07) is 14.5. The number of ketones is 1. The molecule has 0 amide bonds. The molecule has 7 rings (SSSR count). The largest absolute Gasteiger partial charge is 0.504 e. The van der Waals surface area contributed by atoms with Crippen LogP contribution in [0.5, 0.6) is 11.5 Å². The van der Waals surface area contributed by atoms with Crippen LogP contribution < -0.4 is 4.74 Å². The van der Waals surface area contributed by atoms with Crippen molar-refractivity contribution >= 4 is 11.8 Å². The number of esters is 1. The van der Waals surface area contributed by atoms with Gasteiger partial charge in [0.2, 0.25) is 0 Å². The SMILES string of the molecule is C=C(C)[C@@]12C[C@@H](C)[C@@]34OC(Cc5ccccc5)(O[C@@H]1[C@@H]3C=C(COC(=O)Cc1ccc(O)c(OC)c1)C[C@]1(O)C(=O)C(C)=C[C@@H]41)O2. The smallest absolute Gasteiger partial charge is 0.310 e. The zero-order valence-electron chi connectivity index (χ0n) is 26.6. The van der Waals surface area contributed by atoms with Gasteiger partial charge in [0.25, 0.3) is 5.97 Å². The minimum Gasteiger partial charge on any atom is -0.504 e. The van der Waals surface area contributed by atoms with Crippen LogP contribution in [0.3, 0.4) is 0 Å². The molecule has 3 bridgehead atoms. The molecular formula is C37H40O9. The van der Waals surface area contributed by atoms with Crippen LogP contribution in [0.2, 0.25) is 0 Å². The van der Waals surface area contributed by atoms with Crippen molar-refractivity contribution in [1.82, 2.24) is 0 Å². The highest BCUT2D eigenvalue weighted by atomic mass is 16.9. The number of aromatic hydroxyl groups is 1. The Morgan fingerprint density at radius 1 is 1.11 bits per heavy atom. The van der Waals surface area contributed by atoms with Crippen molar-refractivity contribution in [1.29, 1.82) is 0 Å². The van der Waals surface area contributed by atoms with Gasteiger partial charge >= 0.3 is 5.97 Å². The number of carbonyl (C=O) groups is 2. The van der Waals surface area contributed by atoms with Gasteiger partial charge in [-0.05, 0) is 66.2 Å². The second-order valence-corrected chi connectivity index (χ2v) is 13.7. The number of rotatable bonds is 8. The quantitative estimate of drug-likeness (QED) is 0.315. The summed E-state index contributed by atoms with van der Waals surface area (Å²) in [6.45, 7) is 9.98. The van der Waals surface area contributed by atoms with E-state index in [0.29, 0.717) is 29.6 Å². The van der Waals surface area contributed by atoms with Gasteiger partial charge in [0, 0.05) is 18.3 Å². The lowest BCUT2D eigenvalue weighted by Crippen LogP contribution is -2.70. The maximum Gasteiger partial charge on any atom is 0.310 e. The van der Waals surface area contributed by atoms with Crippen LogP contribution >= 0.6 is 0 Å². The van der Waals surface area contributed by atoms with Crippen LogP contribution in [0.25, 0.3) is 0 Å². The van der Waals surface area contributed by atoms with Crippen molar-refractivity contribution < 1.29 is 43.5 Å². The molecule has 242 valence electrons. The van der Waals surface area contributed by atoms with Crippen molar-refractivity contribution in [3.63, 3.8) is 0 Å². The van der Waals surface area contributed by atoms with Crippen LogP contribution in [-0.2, 0) is 41.4 Å². The second-order valence-electron chi connectivity index (χ2n) is 13.7. The number of hydrogen-bond acceptors (Lipinski definition) is 9. The highest BCUT2D eigenvalue weighted by molar-refractivity contribution is 6.04. The fourth-order valence-electron chi connectivity index (χ4n) is 8.71. The molecule has 2 aliphatic heterocycles. The molecule has 8 atom stereocenters. The van der Waals surface area contributed by atoms with Gasteiger partial charge in [-0.1, -0.05) is 62.1 Å². The maximum absolute atomic E-state index is 13.8. The summed E-state index contributed by atoms with van der Waals surface area (Å²) in [5.74, 6) is -3.37. The van der Waals surface area contributed by atoms with Gasteiger partial charge in [0.1, 0.15) is 23.9 Å². The standard InChI is InChI=1S/C37H40O9/c1-21(2)35-17-23(4)37-27(33(35)44-36(45-35,46-37)19-24-9-7-6-8-10-24)14-26(18-34(41)30(37)13-22(3)32(34)40)20-43-31(39)16-25-11-12-28(38)29(15-25)42-5/h6-15,23,27,30,33,38,41H,1,16-20H2,2-5H3/t23-,27+,30-,33-,34-,35+,36?,37-/m1/s1. The average molecular weight is 629 g/mol. The van der Waals surface area contributed by atoms with E-state index in [-0.39, 0.29) is 42.6 Å². The number of phenolic OH excluding ortho intramolecular Hbond substituents is 1. The lowest BCUT2D eigenvalue weighted by atomic mass is 9.55. The first kappa shape index (κ1) is 30.9. The molecule has 5 aliphatic rings. The number of aliphatic hydroxyl groups is 1. The summed E-state index contributed by atoms with van der Waals surface area (Å²) in [6.07, 6.45) is 4.13. The molecule has 2 saturated heterocycles. The molecule has 9 heteroatoms. The van der Waals surface area contributed by atoms with Gasteiger partial charge in [-0.3, -0.25) is 9.59 Å². The van der Waals surface area contributed by atoms with E-state index in [1.807, 2.05) is 49.4 Å². The van der Waals surface area contributed by atoms with Crippen LogP contribution in [-0.4, -0.2) is 64.6 Å². The number of Topliss-reactive ketones (excluding diaryl/α,β-unsaturated/α-hetero) is 1. The minimum atomic E-state index is -1.80. The monoisotopic (exact) mass is 628 g/mol. The van der Waals surface area contributed by atoms with E-state index in [2.05, 4.69) is 13.5 Å². The lowest BCUT2D eigenvalue weighted by Gasteiger charge is -2.59. The molecule has 9 nitrogen and oxygen atoms in total. The first-order chi connectivity index (χ1) is 21.9. The van der Waals surface area contributed by atoms with E-state index in [0.717, 1.165) is 11.1 Å². The summed E-state index contributed by atoms with van der Waals surface area (Å²) >= 11 is 0. The number of methoxy groups -OCH3 is 1. The van der Waals surface area contributed by atoms with Gasteiger partial charge in [-0.2, -0.15) is 0 Å². The normalized spacial score (nSPS) is 37.1. The topological polar surface area (TPSA) is 121 Å². The number of benzene rings is 2. The van der Waals surface area contributed by atoms with Crippen LogP contribution in [0.1, 0.15) is 44.7 Å². The minimum absolute atomic E-state index is 0.0156. The van der Waals surface area contributed by atoms with Gasteiger partial charge in [-0.25, -0.2) is 0 Å². The molecule has 0 aromatic heterocycles. The van der Waals surface area contributed by atoms with Gasteiger partial charge in [0.05, 0.1) is 25.6 Å². The molecule has 2 N–H and O–H groups in total. The molecule has 0 radical (unpaired) electrons. The number of fused-ring (bicyclic) bond motifs is 2. The third-order valence-corrected chi connectivity index (χ3v) is 10.7. The first-order valence-corrected chi connectivity index (χ1v) is 15.8. The highest BCUT2D eigenvalue weighted by Gasteiger charge is 2.79. The van der Waals surface area contributed by atoms with E-state index in [1.54, 1.807) is 19.1 Å². The third kappa shape index (κ3) is 4.43. The molecule has 3 fully saturated rings. The molecular weight excluding hydrogens is 588 g/mol. The Hall–Kier alpha value is -3.76. The predicted molar refractivity (Wildman–Crippen MR) is 167 cm³/mol. The molecule has 3 aliphatic carbocycles. The molecule has 0 spiro atoms. The molecule has 1 saturated carbocycles. The van der Waals surface area contributed by atoms with Crippen molar-refractivity contribution in [3.05, 3.63) is 95.1 Å². The van der Waals surface area contributed by atoms with E-state index < -0.39 is 46.7 Å². The Kier molecular flexibility index (Phi) is 7.14. The van der Waals surface area contributed by atoms with Gasteiger partial charge in [-0.15, -0.1) is 0 Å². The fraction of sp³-hybridized carbons (Fsp3) is 0.459. The Morgan fingerprint density at radius 2 is 1.87 bits per heavy atom. The van der Waals surface area contributed by atoms with Crippen molar-refractivity contribution in [2.24, 2.45) is 17.8 Å². The summed E-state index contributed by atoms with van der Waals surface area (Å²) in [5.41, 5.74) is -0.241. The zero-order chi connectivity index (χ0) is 32.6. The van der Waals surface area contributed by atoms with E-state index >= 15 is 0 Å². The summed E-state index contributed by atoms with van der Waals surface area (Å²) in [4.78, 5) is 26.8. The predicted octanol–water partition coefficient (Wildman–Crippen LogP) is 4.74. The van der Waals surface area contributed by atoms with Crippen LogP contribution in [0.15, 0.2) is 84.0 Å². The van der Waals surface area contributed by atoms with Crippen LogP contribution in [0, 0.1) is 17.8 Å². The van der Waals surface area contributed by atoms with E-state index in [9.17, 15) is 19.8 Å². The molecule has 2 heterocycles. The molecule has 2 aromatic carbocycles. The Balaban J connectivity index is 1.27. The van der Waals surface area contributed by atoms with Crippen molar-refractivity contribution in [3.8, 4) is 11.5 Å².